The van der Waals surface area contributed by atoms with Gasteiger partial charge in [0.25, 0.3) is 0 Å². The van der Waals surface area contributed by atoms with Gasteiger partial charge in [-0.05, 0) is 32.4 Å². The monoisotopic (exact) mass is 302 g/mol. The van der Waals surface area contributed by atoms with Crippen molar-refractivity contribution in [3.8, 4) is 0 Å². The molecule has 0 unspecified atom stereocenters. The zero-order chi connectivity index (χ0) is 16.0. The van der Waals surface area contributed by atoms with Gasteiger partial charge >= 0.3 is 5.97 Å². The summed E-state index contributed by atoms with van der Waals surface area (Å²) in [7, 11) is 0. The van der Waals surface area contributed by atoms with E-state index in [4.69, 9.17) is 9.63 Å². The van der Waals surface area contributed by atoms with Gasteiger partial charge in [-0.3, -0.25) is 4.79 Å². The van der Waals surface area contributed by atoms with Crippen molar-refractivity contribution in [1.82, 2.24) is 10.5 Å². The highest BCUT2D eigenvalue weighted by atomic mass is 16.5. The first-order valence-corrected chi connectivity index (χ1v) is 7.39. The average molecular weight is 302 g/mol. The van der Waals surface area contributed by atoms with Crippen LogP contribution in [-0.2, 0) is 17.8 Å². The van der Waals surface area contributed by atoms with Crippen LogP contribution in [0, 0.1) is 5.41 Å². The van der Waals surface area contributed by atoms with Crippen molar-refractivity contribution in [3.63, 3.8) is 0 Å². The van der Waals surface area contributed by atoms with Gasteiger partial charge in [0, 0.05) is 18.5 Å². The maximum Gasteiger partial charge on any atom is 0.309 e. The van der Waals surface area contributed by atoms with Crippen LogP contribution >= 0.6 is 0 Å². The minimum atomic E-state index is -0.774. The Bertz CT molecular complexity index is 605. The molecule has 2 N–H and O–H groups in total. The summed E-state index contributed by atoms with van der Waals surface area (Å²) in [5.41, 5.74) is 2.40. The topological polar surface area (TPSA) is 75.4 Å². The van der Waals surface area contributed by atoms with Crippen LogP contribution in [-0.4, -0.2) is 22.8 Å². The Hall–Kier alpha value is -2.14. The lowest BCUT2D eigenvalue weighted by Crippen LogP contribution is -2.28. The minimum Gasteiger partial charge on any atom is -0.481 e. The molecule has 0 spiro atoms. The molecule has 5 nitrogen and oxygen atoms in total. The largest absolute Gasteiger partial charge is 0.481 e. The fraction of sp³-hybridized carbons (Fsp3) is 0.412. The Labute approximate surface area is 130 Å². The molecule has 0 atom stereocenters. The van der Waals surface area contributed by atoms with Gasteiger partial charge in [0.05, 0.1) is 11.1 Å². The van der Waals surface area contributed by atoms with Crippen molar-refractivity contribution >= 4 is 5.97 Å². The van der Waals surface area contributed by atoms with Gasteiger partial charge in [-0.2, -0.15) is 0 Å². The third-order valence-electron chi connectivity index (χ3n) is 3.76. The molecule has 0 saturated carbocycles. The van der Waals surface area contributed by atoms with Crippen molar-refractivity contribution in [1.29, 1.82) is 0 Å². The number of hydrogen-bond donors (Lipinski definition) is 2. The molecule has 1 aromatic carbocycles. The summed E-state index contributed by atoms with van der Waals surface area (Å²) in [5, 5.41) is 16.4. The number of rotatable bonds is 8. The highest BCUT2D eigenvalue weighted by molar-refractivity contribution is 5.73. The smallest absolute Gasteiger partial charge is 0.309 e. The molecule has 0 amide bonds. The zero-order valence-electron chi connectivity index (χ0n) is 13.0. The van der Waals surface area contributed by atoms with Crippen LogP contribution < -0.4 is 5.32 Å². The minimum absolute atomic E-state index is 0.571. The van der Waals surface area contributed by atoms with Gasteiger partial charge in [0.15, 0.2) is 0 Å². The van der Waals surface area contributed by atoms with E-state index in [9.17, 15) is 4.79 Å². The number of aromatic nitrogens is 1. The summed E-state index contributed by atoms with van der Waals surface area (Å²) in [4.78, 5) is 11.0. The van der Waals surface area contributed by atoms with E-state index >= 15 is 0 Å². The van der Waals surface area contributed by atoms with Crippen molar-refractivity contribution in [2.24, 2.45) is 5.41 Å². The summed E-state index contributed by atoms with van der Waals surface area (Å²) in [6, 6.07) is 10.1. The highest BCUT2D eigenvalue weighted by Crippen LogP contribution is 2.19. The summed E-state index contributed by atoms with van der Waals surface area (Å²) in [6.45, 7) is 4.73. The molecule has 2 rings (SSSR count). The molecular weight excluding hydrogens is 280 g/mol. The molecule has 0 aliphatic rings. The van der Waals surface area contributed by atoms with E-state index in [1.807, 2.05) is 18.2 Å². The number of aliphatic carboxylic acids is 1. The van der Waals surface area contributed by atoms with E-state index in [0.29, 0.717) is 19.5 Å². The van der Waals surface area contributed by atoms with E-state index in [1.54, 1.807) is 20.1 Å². The number of nitrogens with zero attached hydrogens (tertiary/aromatic N) is 1. The lowest BCUT2D eigenvalue weighted by molar-refractivity contribution is -0.147. The number of carbonyl (C=O) groups is 1. The quantitative estimate of drug-likeness (QED) is 0.733. The van der Waals surface area contributed by atoms with E-state index < -0.39 is 11.4 Å². The summed E-state index contributed by atoms with van der Waals surface area (Å²) in [5.74, 6) is -0.774. The lowest BCUT2D eigenvalue weighted by Gasteiger charge is -2.18. The van der Waals surface area contributed by atoms with E-state index in [0.717, 1.165) is 17.7 Å². The summed E-state index contributed by atoms with van der Waals surface area (Å²) in [6.07, 6.45) is 2.95. The van der Waals surface area contributed by atoms with Gasteiger partial charge in [0.2, 0.25) is 0 Å². The van der Waals surface area contributed by atoms with Gasteiger partial charge < -0.3 is 14.9 Å². The van der Waals surface area contributed by atoms with Gasteiger partial charge in [-0.1, -0.05) is 35.5 Å². The predicted molar refractivity (Wildman–Crippen MR) is 83.5 cm³/mol. The normalized spacial score (nSPS) is 11.5. The molecule has 1 heterocycles. The van der Waals surface area contributed by atoms with Crippen molar-refractivity contribution in [2.75, 3.05) is 6.54 Å². The van der Waals surface area contributed by atoms with Crippen LogP contribution in [0.3, 0.4) is 0 Å². The Kier molecular flexibility index (Phi) is 5.33. The molecule has 0 aliphatic heterocycles. The fourth-order valence-corrected chi connectivity index (χ4v) is 2.09. The second-order valence-corrected chi connectivity index (χ2v) is 6.06. The van der Waals surface area contributed by atoms with Crippen molar-refractivity contribution < 1.29 is 14.4 Å². The van der Waals surface area contributed by atoms with Gasteiger partial charge in [-0.15, -0.1) is 0 Å². The first-order valence-electron chi connectivity index (χ1n) is 7.39. The van der Waals surface area contributed by atoms with Crippen LogP contribution in [0.15, 0.2) is 41.1 Å². The van der Waals surface area contributed by atoms with E-state index in [2.05, 4.69) is 22.6 Å². The summed E-state index contributed by atoms with van der Waals surface area (Å²) < 4.78 is 5.07. The molecule has 1 aromatic heterocycles. The molecule has 22 heavy (non-hydrogen) atoms. The first kappa shape index (κ1) is 16.2. The van der Waals surface area contributed by atoms with Crippen LogP contribution in [0.2, 0.25) is 0 Å². The maximum absolute atomic E-state index is 11.0. The fourth-order valence-electron chi connectivity index (χ4n) is 2.09. The number of benzene rings is 1. The molecule has 118 valence electrons. The number of carboxylic acids is 1. The Morgan fingerprint density at radius 2 is 2.05 bits per heavy atom. The molecule has 0 fully saturated rings. The van der Waals surface area contributed by atoms with Gasteiger partial charge in [0.1, 0.15) is 6.26 Å². The molecule has 0 radical (unpaired) electrons. The van der Waals surface area contributed by atoms with Crippen LogP contribution in [0.1, 0.15) is 37.1 Å². The second kappa shape index (κ2) is 7.22. The maximum atomic E-state index is 11.0. The highest BCUT2D eigenvalue weighted by Gasteiger charge is 2.26. The number of hydrogen-bond acceptors (Lipinski definition) is 4. The van der Waals surface area contributed by atoms with E-state index in [-0.39, 0.29) is 0 Å². The standard InChI is InChI=1S/C17H22N2O3/c1-17(2,16(20)21)8-9-18-11-14-12-22-19-15(14)10-13-6-4-3-5-7-13/h3-7,12,18H,8-11H2,1-2H3,(H,20,21). The number of nitrogens with one attached hydrogen (secondary N) is 1. The molecule has 0 bridgehead atoms. The van der Waals surface area contributed by atoms with Crippen molar-refractivity contribution in [3.05, 3.63) is 53.4 Å². The third-order valence-corrected chi connectivity index (χ3v) is 3.76. The molecule has 2 aromatic rings. The van der Waals surface area contributed by atoms with Crippen LogP contribution in [0.4, 0.5) is 0 Å². The van der Waals surface area contributed by atoms with Crippen LogP contribution in [0.5, 0.6) is 0 Å². The zero-order valence-corrected chi connectivity index (χ0v) is 13.0. The Balaban J connectivity index is 1.85. The lowest BCUT2D eigenvalue weighted by atomic mass is 9.90. The first-order chi connectivity index (χ1) is 10.5. The molecule has 0 saturated heterocycles. The SMILES string of the molecule is CC(C)(CCNCc1conc1Cc1ccccc1)C(=O)O. The molecular formula is C17H22N2O3. The van der Waals surface area contributed by atoms with Gasteiger partial charge in [-0.25, -0.2) is 0 Å². The summed E-state index contributed by atoms with van der Waals surface area (Å²) >= 11 is 0. The number of carboxylic acid groups (broad SMARTS) is 1. The van der Waals surface area contributed by atoms with Crippen LogP contribution in [0.25, 0.3) is 0 Å². The second-order valence-electron chi connectivity index (χ2n) is 6.06. The third kappa shape index (κ3) is 4.43. The Morgan fingerprint density at radius 3 is 2.73 bits per heavy atom. The average Bonchev–Trinajstić information content (AvgIpc) is 2.92. The molecule has 0 aliphatic carbocycles. The van der Waals surface area contributed by atoms with E-state index in [1.165, 1.54) is 5.56 Å². The Morgan fingerprint density at radius 1 is 1.32 bits per heavy atom. The van der Waals surface area contributed by atoms with Crippen molar-refractivity contribution in [2.45, 2.75) is 33.2 Å². The molecule has 5 heteroatoms. The predicted octanol–water partition coefficient (Wildman–Crippen LogP) is 2.86.